The summed E-state index contributed by atoms with van der Waals surface area (Å²) in [6, 6.07) is 1.93. The maximum Gasteiger partial charge on any atom is 0.311 e. The van der Waals surface area contributed by atoms with Crippen molar-refractivity contribution in [3.8, 4) is 0 Å². The maximum atomic E-state index is 11.5. The zero-order valence-electron chi connectivity index (χ0n) is 12.1. The fourth-order valence-electron chi connectivity index (χ4n) is 2.31. The van der Waals surface area contributed by atoms with Crippen LogP contribution in [-0.2, 0) is 4.79 Å². The summed E-state index contributed by atoms with van der Waals surface area (Å²) in [4.78, 5) is 15.8. The van der Waals surface area contributed by atoms with Crippen LogP contribution in [0, 0.1) is 12.3 Å². The Hall–Kier alpha value is -2.11. The SMILES string of the molecule is CCC(CC)(CNc1nccn2nc(C)cc12)C(=O)O. The number of nitrogens with zero attached hydrogens (tertiary/aromatic N) is 3. The van der Waals surface area contributed by atoms with Gasteiger partial charge in [-0.1, -0.05) is 13.8 Å². The van der Waals surface area contributed by atoms with Crippen molar-refractivity contribution in [3.63, 3.8) is 0 Å². The zero-order chi connectivity index (χ0) is 14.8. The van der Waals surface area contributed by atoms with Crippen molar-refractivity contribution < 1.29 is 9.90 Å². The minimum absolute atomic E-state index is 0.353. The molecule has 6 heteroatoms. The molecule has 0 bridgehead atoms. The van der Waals surface area contributed by atoms with Crippen LogP contribution in [0.25, 0.3) is 5.52 Å². The van der Waals surface area contributed by atoms with Gasteiger partial charge < -0.3 is 10.4 Å². The molecular formula is C14H20N4O2. The first-order valence-electron chi connectivity index (χ1n) is 6.80. The molecule has 2 aromatic heterocycles. The van der Waals surface area contributed by atoms with Crippen molar-refractivity contribution in [1.82, 2.24) is 14.6 Å². The third kappa shape index (κ3) is 2.45. The molecule has 0 spiro atoms. The summed E-state index contributed by atoms with van der Waals surface area (Å²) in [5.74, 6) is -0.104. The average molecular weight is 276 g/mol. The Morgan fingerprint density at radius 2 is 2.15 bits per heavy atom. The lowest BCUT2D eigenvalue weighted by Crippen LogP contribution is -2.37. The molecule has 0 aliphatic carbocycles. The van der Waals surface area contributed by atoms with E-state index in [4.69, 9.17) is 0 Å². The zero-order valence-corrected chi connectivity index (χ0v) is 12.1. The fourth-order valence-corrected chi connectivity index (χ4v) is 2.31. The van der Waals surface area contributed by atoms with Gasteiger partial charge in [0.1, 0.15) is 5.52 Å². The van der Waals surface area contributed by atoms with E-state index in [0.717, 1.165) is 11.2 Å². The number of carboxylic acids is 1. The van der Waals surface area contributed by atoms with Gasteiger partial charge in [-0.3, -0.25) is 4.79 Å². The van der Waals surface area contributed by atoms with Crippen LogP contribution in [0.15, 0.2) is 18.5 Å². The highest BCUT2D eigenvalue weighted by molar-refractivity contribution is 5.76. The number of nitrogens with one attached hydrogen (secondary N) is 1. The van der Waals surface area contributed by atoms with Crippen molar-refractivity contribution in [1.29, 1.82) is 0 Å². The summed E-state index contributed by atoms with van der Waals surface area (Å²) in [5, 5.41) is 16.9. The molecule has 0 amide bonds. The lowest BCUT2D eigenvalue weighted by molar-refractivity contribution is -0.148. The van der Waals surface area contributed by atoms with Crippen molar-refractivity contribution in [2.45, 2.75) is 33.6 Å². The van der Waals surface area contributed by atoms with Gasteiger partial charge in [-0.05, 0) is 25.8 Å². The Bertz CT molecular complexity index is 617. The minimum Gasteiger partial charge on any atom is -0.481 e. The normalized spacial score (nSPS) is 11.8. The van der Waals surface area contributed by atoms with E-state index in [9.17, 15) is 9.90 Å². The highest BCUT2D eigenvalue weighted by Gasteiger charge is 2.34. The van der Waals surface area contributed by atoms with Crippen LogP contribution in [0.1, 0.15) is 32.4 Å². The third-order valence-corrected chi connectivity index (χ3v) is 3.91. The summed E-state index contributed by atoms with van der Waals surface area (Å²) >= 11 is 0. The third-order valence-electron chi connectivity index (χ3n) is 3.91. The van der Waals surface area contributed by atoms with Crippen LogP contribution >= 0.6 is 0 Å². The first-order valence-corrected chi connectivity index (χ1v) is 6.80. The predicted octanol–water partition coefficient (Wildman–Crippen LogP) is 2.34. The van der Waals surface area contributed by atoms with Gasteiger partial charge in [0.2, 0.25) is 0 Å². The highest BCUT2D eigenvalue weighted by Crippen LogP contribution is 2.27. The monoisotopic (exact) mass is 276 g/mol. The molecule has 2 N–H and O–H groups in total. The number of hydrogen-bond acceptors (Lipinski definition) is 4. The Balaban J connectivity index is 2.26. The van der Waals surface area contributed by atoms with Gasteiger partial charge in [-0.2, -0.15) is 5.10 Å². The van der Waals surface area contributed by atoms with E-state index in [1.807, 2.05) is 26.8 Å². The van der Waals surface area contributed by atoms with E-state index < -0.39 is 11.4 Å². The van der Waals surface area contributed by atoms with Crippen molar-refractivity contribution in [2.24, 2.45) is 5.41 Å². The van der Waals surface area contributed by atoms with Crippen LogP contribution in [0.3, 0.4) is 0 Å². The van der Waals surface area contributed by atoms with Crippen LogP contribution in [-0.4, -0.2) is 32.2 Å². The molecule has 0 saturated heterocycles. The molecule has 0 aliphatic rings. The van der Waals surface area contributed by atoms with Crippen LogP contribution in [0.5, 0.6) is 0 Å². The Kier molecular flexibility index (Phi) is 3.92. The number of aromatic nitrogens is 3. The quantitative estimate of drug-likeness (QED) is 0.846. The molecule has 0 saturated carbocycles. The number of rotatable bonds is 6. The molecule has 108 valence electrons. The predicted molar refractivity (Wildman–Crippen MR) is 76.9 cm³/mol. The van der Waals surface area contributed by atoms with E-state index in [1.165, 1.54) is 0 Å². The Morgan fingerprint density at radius 1 is 1.45 bits per heavy atom. The second kappa shape index (κ2) is 5.48. The Morgan fingerprint density at radius 3 is 2.75 bits per heavy atom. The van der Waals surface area contributed by atoms with Gasteiger partial charge in [-0.25, -0.2) is 9.50 Å². The van der Waals surface area contributed by atoms with E-state index in [2.05, 4.69) is 15.4 Å². The van der Waals surface area contributed by atoms with E-state index >= 15 is 0 Å². The number of fused-ring (bicyclic) bond motifs is 1. The fraction of sp³-hybridized carbons (Fsp3) is 0.500. The lowest BCUT2D eigenvalue weighted by atomic mass is 9.82. The maximum absolute atomic E-state index is 11.5. The van der Waals surface area contributed by atoms with E-state index in [0.29, 0.717) is 25.2 Å². The second-order valence-corrected chi connectivity index (χ2v) is 5.04. The topological polar surface area (TPSA) is 79.5 Å². The Labute approximate surface area is 117 Å². The number of carbonyl (C=O) groups is 1. The summed E-state index contributed by atoms with van der Waals surface area (Å²) in [6.07, 6.45) is 4.58. The average Bonchev–Trinajstić information content (AvgIpc) is 2.81. The van der Waals surface area contributed by atoms with Crippen LogP contribution < -0.4 is 5.32 Å². The highest BCUT2D eigenvalue weighted by atomic mass is 16.4. The molecule has 6 nitrogen and oxygen atoms in total. The second-order valence-electron chi connectivity index (χ2n) is 5.04. The van der Waals surface area contributed by atoms with Gasteiger partial charge in [0.25, 0.3) is 0 Å². The van der Waals surface area contributed by atoms with Crippen LogP contribution in [0.2, 0.25) is 0 Å². The first kappa shape index (κ1) is 14.3. The minimum atomic E-state index is -0.772. The number of anilines is 1. The number of carboxylic acid groups (broad SMARTS) is 1. The first-order chi connectivity index (χ1) is 9.52. The number of aliphatic carboxylic acids is 1. The molecule has 0 aromatic carbocycles. The molecule has 0 unspecified atom stereocenters. The van der Waals surface area contributed by atoms with Crippen molar-refractivity contribution >= 4 is 17.3 Å². The number of hydrogen-bond donors (Lipinski definition) is 2. The summed E-state index contributed by atoms with van der Waals surface area (Å²) in [5.41, 5.74) is 0.997. The van der Waals surface area contributed by atoms with Gasteiger partial charge >= 0.3 is 5.97 Å². The van der Waals surface area contributed by atoms with E-state index in [-0.39, 0.29) is 0 Å². The summed E-state index contributed by atoms with van der Waals surface area (Å²) in [7, 11) is 0. The number of aryl methyl sites for hydroxylation is 1. The summed E-state index contributed by atoms with van der Waals surface area (Å²) < 4.78 is 1.74. The molecule has 20 heavy (non-hydrogen) atoms. The molecule has 0 atom stereocenters. The van der Waals surface area contributed by atoms with Gasteiger partial charge in [0, 0.05) is 18.9 Å². The lowest BCUT2D eigenvalue weighted by Gasteiger charge is -2.27. The summed E-state index contributed by atoms with van der Waals surface area (Å²) in [6.45, 7) is 6.06. The van der Waals surface area contributed by atoms with Crippen molar-refractivity contribution in [3.05, 3.63) is 24.2 Å². The molecule has 2 aromatic rings. The molecular weight excluding hydrogens is 256 g/mol. The van der Waals surface area contributed by atoms with Crippen molar-refractivity contribution in [2.75, 3.05) is 11.9 Å². The standard InChI is InChI=1S/C14H20N4O2/c1-4-14(5-2,13(19)20)9-16-12-11-8-10(3)17-18(11)7-6-15-12/h6-8H,4-5,9H2,1-3H3,(H,15,16)(H,19,20). The molecule has 0 aliphatic heterocycles. The smallest absolute Gasteiger partial charge is 0.311 e. The molecule has 0 fully saturated rings. The molecule has 2 rings (SSSR count). The molecule has 2 heterocycles. The molecule has 0 radical (unpaired) electrons. The van der Waals surface area contributed by atoms with Gasteiger partial charge in [0.05, 0.1) is 11.1 Å². The van der Waals surface area contributed by atoms with Gasteiger partial charge in [-0.15, -0.1) is 0 Å². The largest absolute Gasteiger partial charge is 0.481 e. The van der Waals surface area contributed by atoms with Gasteiger partial charge in [0.15, 0.2) is 5.82 Å². The van der Waals surface area contributed by atoms with Crippen LogP contribution in [0.4, 0.5) is 5.82 Å². The van der Waals surface area contributed by atoms with E-state index in [1.54, 1.807) is 16.9 Å².